The van der Waals surface area contributed by atoms with Crippen LogP contribution in [0.5, 0.6) is 0 Å². The molecule has 3 rings (SSSR count). The van der Waals surface area contributed by atoms with Crippen LogP contribution in [0.15, 0.2) is 12.4 Å². The lowest BCUT2D eigenvalue weighted by Gasteiger charge is -2.36. The van der Waals surface area contributed by atoms with E-state index < -0.39 is 0 Å². The fraction of sp³-hybridized carbons (Fsp3) is 0.778. The Hall–Kier alpha value is -1.24. The Balaban J connectivity index is 1.58. The van der Waals surface area contributed by atoms with E-state index in [1.807, 2.05) is 12.4 Å². The van der Waals surface area contributed by atoms with Gasteiger partial charge in [0, 0.05) is 63.3 Å². The van der Waals surface area contributed by atoms with Crippen LogP contribution >= 0.6 is 0 Å². The van der Waals surface area contributed by atoms with E-state index in [-0.39, 0.29) is 0 Å². The molecule has 1 unspecified atom stereocenters. The Morgan fingerprint density at radius 1 is 1.12 bits per heavy atom. The molecule has 0 saturated carbocycles. The predicted molar refractivity (Wildman–Crippen MR) is 96.2 cm³/mol. The number of likely N-dealkylation sites (N-methyl/N-ethyl adjacent to an activating group) is 1. The number of aromatic nitrogens is 2. The van der Waals surface area contributed by atoms with Crippen molar-refractivity contribution in [1.82, 2.24) is 19.8 Å². The molecule has 2 aliphatic rings. The van der Waals surface area contributed by atoms with Crippen molar-refractivity contribution in [2.24, 2.45) is 5.92 Å². The van der Waals surface area contributed by atoms with E-state index in [1.165, 1.54) is 12.0 Å². The lowest BCUT2D eigenvalue weighted by Crippen LogP contribution is -2.45. The van der Waals surface area contributed by atoms with Crippen LogP contribution < -0.4 is 4.90 Å². The molecular weight excluding hydrogens is 302 g/mol. The van der Waals surface area contributed by atoms with Gasteiger partial charge in [-0.3, -0.25) is 4.90 Å². The maximum atomic E-state index is 5.67. The minimum absolute atomic E-state index is 0.510. The maximum Gasteiger partial charge on any atom is 0.225 e. The summed E-state index contributed by atoms with van der Waals surface area (Å²) in [5, 5.41) is 0. The van der Waals surface area contributed by atoms with E-state index >= 15 is 0 Å². The van der Waals surface area contributed by atoms with Gasteiger partial charge >= 0.3 is 0 Å². The molecule has 0 amide bonds. The van der Waals surface area contributed by atoms with Gasteiger partial charge in [0.1, 0.15) is 0 Å². The number of nitrogens with zero attached hydrogens (tertiary/aromatic N) is 5. The summed E-state index contributed by atoms with van der Waals surface area (Å²) in [5.74, 6) is 1.56. The van der Waals surface area contributed by atoms with Crippen molar-refractivity contribution >= 4 is 5.95 Å². The van der Waals surface area contributed by atoms with Crippen LogP contribution in [0.25, 0.3) is 0 Å². The summed E-state index contributed by atoms with van der Waals surface area (Å²) in [6, 6.07) is 0.510. The second-order valence-electron chi connectivity index (χ2n) is 7.51. The molecule has 1 aromatic heterocycles. The Morgan fingerprint density at radius 2 is 1.83 bits per heavy atom. The zero-order valence-electron chi connectivity index (χ0n) is 15.3. The molecular formula is C18H31N5O. The molecule has 2 aliphatic heterocycles. The molecule has 2 fully saturated rings. The SMILES string of the molecule is CC(C)CC1COCCN1Cc1cnc(N2CCN(C)CC2)nc1. The predicted octanol–water partition coefficient (Wildman–Crippen LogP) is 1.48. The normalized spacial score (nSPS) is 23.8. The van der Waals surface area contributed by atoms with Crippen LogP contribution in [0.1, 0.15) is 25.8 Å². The third-order valence-corrected chi connectivity index (χ3v) is 4.96. The molecule has 6 heteroatoms. The van der Waals surface area contributed by atoms with Gasteiger partial charge in [0.2, 0.25) is 5.95 Å². The average molecular weight is 333 g/mol. The first-order valence-corrected chi connectivity index (χ1v) is 9.18. The quantitative estimate of drug-likeness (QED) is 0.813. The molecule has 0 N–H and O–H groups in total. The zero-order valence-corrected chi connectivity index (χ0v) is 15.3. The molecule has 3 heterocycles. The van der Waals surface area contributed by atoms with Gasteiger partial charge in [-0.15, -0.1) is 0 Å². The first kappa shape index (κ1) is 17.6. The molecule has 6 nitrogen and oxygen atoms in total. The van der Waals surface area contributed by atoms with Gasteiger partial charge in [0.05, 0.1) is 13.2 Å². The zero-order chi connectivity index (χ0) is 16.9. The van der Waals surface area contributed by atoms with Gasteiger partial charge in [-0.05, 0) is 19.4 Å². The van der Waals surface area contributed by atoms with Gasteiger partial charge in [-0.2, -0.15) is 0 Å². The van der Waals surface area contributed by atoms with Crippen LogP contribution in [0.2, 0.25) is 0 Å². The first-order valence-electron chi connectivity index (χ1n) is 9.18. The van der Waals surface area contributed by atoms with E-state index in [2.05, 4.69) is 45.6 Å². The minimum Gasteiger partial charge on any atom is -0.378 e. The van der Waals surface area contributed by atoms with E-state index in [9.17, 15) is 0 Å². The highest BCUT2D eigenvalue weighted by Crippen LogP contribution is 2.18. The summed E-state index contributed by atoms with van der Waals surface area (Å²) >= 11 is 0. The third-order valence-electron chi connectivity index (χ3n) is 4.96. The average Bonchev–Trinajstić information content (AvgIpc) is 2.58. The van der Waals surface area contributed by atoms with Crippen LogP contribution in [-0.2, 0) is 11.3 Å². The van der Waals surface area contributed by atoms with E-state index in [1.54, 1.807) is 0 Å². The molecule has 0 radical (unpaired) electrons. The highest BCUT2D eigenvalue weighted by molar-refractivity contribution is 5.30. The second-order valence-corrected chi connectivity index (χ2v) is 7.51. The number of hydrogen-bond acceptors (Lipinski definition) is 6. The van der Waals surface area contributed by atoms with Crippen molar-refractivity contribution in [3.8, 4) is 0 Å². The summed E-state index contributed by atoms with van der Waals surface area (Å²) in [5.41, 5.74) is 1.20. The summed E-state index contributed by atoms with van der Waals surface area (Å²) in [7, 11) is 2.16. The van der Waals surface area contributed by atoms with Crippen LogP contribution in [-0.4, -0.2) is 78.8 Å². The van der Waals surface area contributed by atoms with Crippen molar-refractivity contribution in [2.75, 3.05) is 57.9 Å². The monoisotopic (exact) mass is 333 g/mol. The fourth-order valence-electron chi connectivity index (χ4n) is 3.49. The van der Waals surface area contributed by atoms with Crippen LogP contribution in [0.3, 0.4) is 0 Å². The van der Waals surface area contributed by atoms with Gasteiger partial charge in [0.25, 0.3) is 0 Å². The van der Waals surface area contributed by atoms with Crippen molar-refractivity contribution in [3.05, 3.63) is 18.0 Å². The van der Waals surface area contributed by atoms with Crippen molar-refractivity contribution in [1.29, 1.82) is 0 Å². The minimum atomic E-state index is 0.510. The highest BCUT2D eigenvalue weighted by atomic mass is 16.5. The Bertz CT molecular complexity index is 499. The largest absolute Gasteiger partial charge is 0.378 e. The van der Waals surface area contributed by atoms with Gasteiger partial charge in [-0.1, -0.05) is 13.8 Å². The summed E-state index contributed by atoms with van der Waals surface area (Å²) in [4.78, 5) is 16.4. The highest BCUT2D eigenvalue weighted by Gasteiger charge is 2.24. The maximum absolute atomic E-state index is 5.67. The van der Waals surface area contributed by atoms with Gasteiger partial charge in [0.15, 0.2) is 0 Å². The Labute approximate surface area is 145 Å². The number of ether oxygens (including phenoxy) is 1. The molecule has 1 aromatic rings. The van der Waals surface area contributed by atoms with E-state index in [0.29, 0.717) is 12.0 Å². The van der Waals surface area contributed by atoms with E-state index in [0.717, 1.165) is 58.4 Å². The van der Waals surface area contributed by atoms with Crippen LogP contribution in [0.4, 0.5) is 5.95 Å². The molecule has 0 spiro atoms. The number of piperazine rings is 1. The number of rotatable bonds is 5. The third kappa shape index (κ3) is 4.65. The number of anilines is 1. The number of morpholine rings is 1. The summed E-state index contributed by atoms with van der Waals surface area (Å²) in [6.07, 6.45) is 5.19. The van der Waals surface area contributed by atoms with Gasteiger partial charge in [-0.25, -0.2) is 9.97 Å². The Morgan fingerprint density at radius 3 is 2.50 bits per heavy atom. The standard InChI is InChI=1S/C18H31N5O/c1-15(2)10-17-14-24-9-8-23(17)13-16-11-19-18(20-12-16)22-6-4-21(3)5-7-22/h11-12,15,17H,4-10,13-14H2,1-3H3. The topological polar surface area (TPSA) is 44.7 Å². The summed E-state index contributed by atoms with van der Waals surface area (Å²) < 4.78 is 5.67. The molecule has 0 aromatic carbocycles. The lowest BCUT2D eigenvalue weighted by atomic mass is 10.0. The van der Waals surface area contributed by atoms with Crippen LogP contribution in [0, 0.1) is 5.92 Å². The van der Waals surface area contributed by atoms with Crippen molar-refractivity contribution in [2.45, 2.75) is 32.9 Å². The molecule has 0 aliphatic carbocycles. The molecule has 1 atom stereocenters. The van der Waals surface area contributed by atoms with E-state index in [4.69, 9.17) is 4.74 Å². The molecule has 0 bridgehead atoms. The molecule has 134 valence electrons. The van der Waals surface area contributed by atoms with Crippen molar-refractivity contribution in [3.63, 3.8) is 0 Å². The first-order chi connectivity index (χ1) is 11.6. The molecule has 2 saturated heterocycles. The summed E-state index contributed by atoms with van der Waals surface area (Å²) in [6.45, 7) is 12.3. The molecule has 24 heavy (non-hydrogen) atoms. The van der Waals surface area contributed by atoms with Crippen molar-refractivity contribution < 1.29 is 4.74 Å². The Kier molecular flexibility index (Phi) is 6.03. The number of hydrogen-bond donors (Lipinski definition) is 0. The second kappa shape index (κ2) is 8.23. The fourth-order valence-corrected chi connectivity index (χ4v) is 3.49. The lowest BCUT2D eigenvalue weighted by molar-refractivity contribution is -0.0187. The smallest absolute Gasteiger partial charge is 0.225 e. The van der Waals surface area contributed by atoms with Gasteiger partial charge < -0.3 is 14.5 Å².